The van der Waals surface area contributed by atoms with E-state index >= 15 is 0 Å². The Morgan fingerprint density at radius 2 is 2.06 bits per heavy atom. The van der Waals surface area contributed by atoms with Crippen LogP contribution in [0.3, 0.4) is 0 Å². The first-order chi connectivity index (χ1) is 8.13. The summed E-state index contributed by atoms with van der Waals surface area (Å²) in [4.78, 5) is 1.12. The second kappa shape index (κ2) is 6.71. The first-order valence-electron chi connectivity index (χ1n) is 5.98. The van der Waals surface area contributed by atoms with Crippen LogP contribution in [0.4, 0.5) is 0 Å². The van der Waals surface area contributed by atoms with Crippen LogP contribution in [0.25, 0.3) is 0 Å². The Labute approximate surface area is 112 Å². The number of hydrazine groups is 1. The molecule has 0 saturated carbocycles. The molecule has 0 saturated heterocycles. The van der Waals surface area contributed by atoms with Gasteiger partial charge in [0.2, 0.25) is 0 Å². The van der Waals surface area contributed by atoms with Crippen LogP contribution in [0.1, 0.15) is 44.5 Å². The molecule has 1 unspecified atom stereocenters. The fourth-order valence-electron chi connectivity index (χ4n) is 2.21. The Balaban J connectivity index is 3.04. The van der Waals surface area contributed by atoms with E-state index in [2.05, 4.69) is 19.3 Å². The highest BCUT2D eigenvalue weighted by Gasteiger charge is 2.37. The average molecular weight is 277 g/mol. The van der Waals surface area contributed by atoms with Gasteiger partial charge >= 0.3 is 0 Å². The van der Waals surface area contributed by atoms with Gasteiger partial charge in [0, 0.05) is 11.5 Å². The lowest BCUT2D eigenvalue weighted by Gasteiger charge is -2.38. The minimum atomic E-state index is -0.266. The lowest BCUT2D eigenvalue weighted by Crippen LogP contribution is -2.47. The molecule has 0 aliphatic rings. The molecule has 0 aliphatic carbocycles. The van der Waals surface area contributed by atoms with Gasteiger partial charge in [0.15, 0.2) is 0 Å². The van der Waals surface area contributed by atoms with Crippen molar-refractivity contribution in [2.24, 2.45) is 5.84 Å². The summed E-state index contributed by atoms with van der Waals surface area (Å²) in [7, 11) is 0. The maximum atomic E-state index is 5.98. The number of hydrogen-bond acceptors (Lipinski definition) is 4. The molecule has 5 heteroatoms. The van der Waals surface area contributed by atoms with Crippen molar-refractivity contribution in [3.63, 3.8) is 0 Å². The Morgan fingerprint density at radius 1 is 1.41 bits per heavy atom. The minimum Gasteiger partial charge on any atom is -0.373 e. The monoisotopic (exact) mass is 276 g/mol. The van der Waals surface area contributed by atoms with E-state index in [0.29, 0.717) is 6.61 Å². The average Bonchev–Trinajstić information content (AvgIpc) is 2.75. The molecule has 98 valence electrons. The van der Waals surface area contributed by atoms with Crippen LogP contribution in [-0.4, -0.2) is 12.2 Å². The molecule has 1 atom stereocenters. The van der Waals surface area contributed by atoms with E-state index in [1.54, 1.807) is 11.3 Å². The Hall–Kier alpha value is -0.130. The second-order valence-electron chi connectivity index (χ2n) is 3.95. The molecule has 0 fully saturated rings. The number of nitrogens with one attached hydrogen (secondary N) is 1. The smallest absolute Gasteiger partial charge is 0.0931 e. The normalized spacial score (nSPS) is 13.9. The molecule has 1 rings (SSSR count). The summed E-state index contributed by atoms with van der Waals surface area (Å²) in [5.74, 6) is 5.72. The van der Waals surface area contributed by atoms with E-state index < -0.39 is 0 Å². The van der Waals surface area contributed by atoms with Gasteiger partial charge in [-0.15, -0.1) is 11.3 Å². The molecule has 0 bridgehead atoms. The van der Waals surface area contributed by atoms with Crippen LogP contribution in [0.5, 0.6) is 0 Å². The summed E-state index contributed by atoms with van der Waals surface area (Å²) in [6.45, 7) is 6.94. The molecule has 3 nitrogen and oxygen atoms in total. The molecule has 0 radical (unpaired) electrons. The zero-order valence-corrected chi connectivity index (χ0v) is 12.2. The van der Waals surface area contributed by atoms with Gasteiger partial charge in [-0.25, -0.2) is 5.43 Å². The van der Waals surface area contributed by atoms with Crippen molar-refractivity contribution in [1.82, 2.24) is 5.43 Å². The number of ether oxygens (including phenoxy) is 1. The summed E-state index contributed by atoms with van der Waals surface area (Å²) in [5.41, 5.74) is 2.62. The first kappa shape index (κ1) is 14.9. The topological polar surface area (TPSA) is 47.3 Å². The number of halogens is 1. The van der Waals surface area contributed by atoms with E-state index in [-0.39, 0.29) is 11.6 Å². The maximum Gasteiger partial charge on any atom is 0.0931 e. The highest BCUT2D eigenvalue weighted by molar-refractivity contribution is 7.16. The first-order valence-corrected chi connectivity index (χ1v) is 7.18. The lowest BCUT2D eigenvalue weighted by molar-refractivity contribution is -0.0726. The third kappa shape index (κ3) is 3.20. The molecule has 0 amide bonds. The van der Waals surface area contributed by atoms with E-state index in [4.69, 9.17) is 22.2 Å². The van der Waals surface area contributed by atoms with E-state index in [9.17, 15) is 0 Å². The molecule has 0 aliphatic heterocycles. The summed E-state index contributed by atoms with van der Waals surface area (Å²) in [6, 6.07) is 3.89. The van der Waals surface area contributed by atoms with Crippen molar-refractivity contribution in [3.05, 3.63) is 21.3 Å². The van der Waals surface area contributed by atoms with Crippen LogP contribution in [0.2, 0.25) is 4.34 Å². The van der Waals surface area contributed by atoms with Crippen molar-refractivity contribution >= 4 is 22.9 Å². The highest BCUT2D eigenvalue weighted by Crippen LogP contribution is 2.38. The van der Waals surface area contributed by atoms with Gasteiger partial charge in [0.25, 0.3) is 0 Å². The van der Waals surface area contributed by atoms with Crippen molar-refractivity contribution in [2.45, 2.75) is 45.3 Å². The van der Waals surface area contributed by atoms with Gasteiger partial charge in [-0.1, -0.05) is 25.4 Å². The predicted octanol–water partition coefficient (Wildman–Crippen LogP) is 3.50. The Kier molecular flexibility index (Phi) is 5.89. The summed E-state index contributed by atoms with van der Waals surface area (Å²) < 4.78 is 6.74. The highest BCUT2D eigenvalue weighted by atomic mass is 35.5. The van der Waals surface area contributed by atoms with E-state index in [0.717, 1.165) is 22.1 Å². The lowest BCUT2D eigenvalue weighted by atomic mass is 9.87. The molecule has 3 N–H and O–H groups in total. The number of thiophene rings is 1. The third-order valence-corrected chi connectivity index (χ3v) is 4.50. The summed E-state index contributed by atoms with van der Waals surface area (Å²) in [6.07, 6.45) is 1.81. The van der Waals surface area contributed by atoms with Gasteiger partial charge < -0.3 is 4.74 Å². The van der Waals surface area contributed by atoms with Crippen LogP contribution >= 0.6 is 22.9 Å². The third-order valence-electron chi connectivity index (χ3n) is 3.20. The van der Waals surface area contributed by atoms with Crippen molar-refractivity contribution in [2.75, 3.05) is 6.61 Å². The van der Waals surface area contributed by atoms with E-state index in [1.807, 2.05) is 19.1 Å². The molecule has 1 aromatic heterocycles. The van der Waals surface area contributed by atoms with Crippen molar-refractivity contribution < 1.29 is 4.74 Å². The fraction of sp³-hybridized carbons (Fsp3) is 0.667. The molecule has 1 aromatic rings. The van der Waals surface area contributed by atoms with Gasteiger partial charge in [-0.3, -0.25) is 5.84 Å². The molecule has 1 heterocycles. The van der Waals surface area contributed by atoms with E-state index in [1.165, 1.54) is 0 Å². The second-order valence-corrected chi connectivity index (χ2v) is 5.69. The quantitative estimate of drug-likeness (QED) is 0.592. The molecule has 0 spiro atoms. The van der Waals surface area contributed by atoms with Crippen LogP contribution in [0, 0.1) is 0 Å². The molecular formula is C12H21ClN2OS. The Bertz CT molecular complexity index is 339. The minimum absolute atomic E-state index is 0.0186. The van der Waals surface area contributed by atoms with Gasteiger partial charge in [0.1, 0.15) is 0 Å². The number of rotatable bonds is 7. The molecule has 17 heavy (non-hydrogen) atoms. The van der Waals surface area contributed by atoms with Crippen molar-refractivity contribution in [1.29, 1.82) is 0 Å². The zero-order chi connectivity index (χ0) is 12.9. The molecular weight excluding hydrogens is 256 g/mol. The predicted molar refractivity (Wildman–Crippen MR) is 74.3 cm³/mol. The summed E-state index contributed by atoms with van der Waals surface area (Å²) in [5, 5.41) is 0. The standard InChI is InChI=1S/C12H21ClN2OS/c1-4-12(5-2,16-6-3)11(15-14)9-7-8-10(13)17-9/h7-8,11,15H,4-6,14H2,1-3H3. The summed E-state index contributed by atoms with van der Waals surface area (Å²) >= 11 is 7.53. The zero-order valence-electron chi connectivity index (χ0n) is 10.6. The SMILES string of the molecule is CCOC(CC)(CC)C(NN)c1ccc(Cl)s1. The van der Waals surface area contributed by atoms with Gasteiger partial charge in [-0.05, 0) is 31.9 Å². The molecule has 0 aromatic carbocycles. The fourth-order valence-corrected chi connectivity index (χ4v) is 3.44. The van der Waals surface area contributed by atoms with Crippen LogP contribution in [0.15, 0.2) is 12.1 Å². The van der Waals surface area contributed by atoms with Crippen LogP contribution in [-0.2, 0) is 4.74 Å². The van der Waals surface area contributed by atoms with Crippen molar-refractivity contribution in [3.8, 4) is 0 Å². The number of hydrogen-bond donors (Lipinski definition) is 2. The number of nitrogens with two attached hydrogens (primary N) is 1. The van der Waals surface area contributed by atoms with Gasteiger partial charge in [-0.2, -0.15) is 0 Å². The van der Waals surface area contributed by atoms with Gasteiger partial charge in [0.05, 0.1) is 16.0 Å². The van der Waals surface area contributed by atoms with Crippen LogP contribution < -0.4 is 11.3 Å². The maximum absolute atomic E-state index is 5.98. The Morgan fingerprint density at radius 3 is 2.41 bits per heavy atom. The largest absolute Gasteiger partial charge is 0.373 e.